The van der Waals surface area contributed by atoms with Crippen LogP contribution in [-0.4, -0.2) is 16.1 Å². The lowest BCUT2D eigenvalue weighted by Gasteiger charge is -2.08. The molecule has 1 heterocycles. The van der Waals surface area contributed by atoms with Crippen molar-refractivity contribution in [3.05, 3.63) is 66.2 Å². The molecule has 0 aliphatic rings. The van der Waals surface area contributed by atoms with Crippen molar-refractivity contribution in [2.45, 2.75) is 11.4 Å². The van der Waals surface area contributed by atoms with E-state index in [1.54, 1.807) is 24.3 Å². The molecule has 0 bridgehead atoms. The zero-order valence-electron chi connectivity index (χ0n) is 13.1. The van der Waals surface area contributed by atoms with E-state index in [1.807, 2.05) is 0 Å². The van der Waals surface area contributed by atoms with Gasteiger partial charge in [-0.05, 0) is 23.3 Å². The number of oxazole rings is 1. The highest BCUT2D eigenvalue weighted by atomic mass is 32.1. The first kappa shape index (κ1) is 18.1. The van der Waals surface area contributed by atoms with Crippen LogP contribution in [0.4, 0.5) is 13.2 Å². The Kier molecular flexibility index (Phi) is 4.78. The van der Waals surface area contributed by atoms with Crippen molar-refractivity contribution < 1.29 is 27.5 Å². The number of aliphatic carboxylic acids is 1. The first-order valence-electron chi connectivity index (χ1n) is 7.40. The number of hydrogen-bond acceptors (Lipinski definition) is 4. The zero-order chi connectivity index (χ0) is 18.9. The molecule has 0 saturated carbocycles. The van der Waals surface area contributed by atoms with Gasteiger partial charge in [-0.2, -0.15) is 25.8 Å². The Morgan fingerprint density at radius 2 is 1.50 bits per heavy atom. The Bertz CT molecular complexity index is 918. The van der Waals surface area contributed by atoms with Crippen molar-refractivity contribution in [2.75, 3.05) is 0 Å². The maximum atomic E-state index is 12.6. The maximum Gasteiger partial charge on any atom is 0.416 e. The third-order valence-corrected chi connectivity index (χ3v) is 4.15. The van der Waals surface area contributed by atoms with E-state index in [4.69, 9.17) is 9.52 Å². The van der Waals surface area contributed by atoms with E-state index in [9.17, 15) is 18.0 Å². The van der Waals surface area contributed by atoms with Gasteiger partial charge in [0.2, 0.25) is 5.89 Å². The summed E-state index contributed by atoms with van der Waals surface area (Å²) in [7, 11) is 0. The molecule has 1 N–H and O–H groups in total. The summed E-state index contributed by atoms with van der Waals surface area (Å²) in [5, 5.41) is 7.74. The molecule has 1 unspecified atom stereocenters. The first-order chi connectivity index (χ1) is 12.3. The molecule has 4 nitrogen and oxygen atoms in total. The minimum absolute atomic E-state index is 0.0253. The molecule has 1 aromatic heterocycles. The van der Waals surface area contributed by atoms with Crippen molar-refractivity contribution >= 4 is 18.6 Å². The normalized spacial score (nSPS) is 12.8. The minimum atomic E-state index is -4.37. The summed E-state index contributed by atoms with van der Waals surface area (Å²) in [6, 6.07) is 11.8. The quantitative estimate of drug-likeness (QED) is 0.621. The van der Waals surface area contributed by atoms with E-state index in [0.29, 0.717) is 16.9 Å². The fourth-order valence-corrected chi connectivity index (χ4v) is 2.45. The second-order valence-corrected chi connectivity index (χ2v) is 5.97. The van der Waals surface area contributed by atoms with Gasteiger partial charge in [0.25, 0.3) is 0 Å². The molecule has 1 atom stereocenters. The van der Waals surface area contributed by atoms with Crippen LogP contribution >= 0.6 is 12.6 Å². The van der Waals surface area contributed by atoms with Gasteiger partial charge >= 0.3 is 12.1 Å². The van der Waals surface area contributed by atoms with Crippen LogP contribution < -0.4 is 0 Å². The van der Waals surface area contributed by atoms with E-state index < -0.39 is 23.0 Å². The van der Waals surface area contributed by atoms with Crippen LogP contribution in [0, 0.1) is 0 Å². The maximum absolute atomic E-state index is 12.6. The second kappa shape index (κ2) is 6.87. The number of nitrogens with zero attached hydrogens (tertiary/aromatic N) is 1. The summed E-state index contributed by atoms with van der Waals surface area (Å²) in [6.07, 6.45) is -2.97. The average molecular weight is 379 g/mol. The molecule has 26 heavy (non-hydrogen) atoms. The molecule has 0 aliphatic heterocycles. The molecule has 0 saturated heterocycles. The summed E-state index contributed by atoms with van der Waals surface area (Å²) in [6.45, 7) is 0. The standard InChI is InChI=1S/C18H12F3NO3S/c19-18(20,21)13-7-5-11(6-8-13)10-1-3-12(4-2-10)14-9-22-16(25-14)15(26)17(23)24/h1-9,15,26H,(H,23,24). The molecular formula is C18H12F3NO3S. The van der Waals surface area contributed by atoms with Crippen LogP contribution in [0.5, 0.6) is 0 Å². The Morgan fingerprint density at radius 3 is 2.00 bits per heavy atom. The van der Waals surface area contributed by atoms with Gasteiger partial charge in [0, 0.05) is 5.56 Å². The monoisotopic (exact) mass is 379 g/mol. The van der Waals surface area contributed by atoms with Crippen LogP contribution in [0.1, 0.15) is 16.7 Å². The predicted octanol–water partition coefficient (Wildman–Crippen LogP) is 5.08. The number of carbonyl (C=O) groups is 1. The van der Waals surface area contributed by atoms with E-state index in [2.05, 4.69) is 17.6 Å². The Hall–Kier alpha value is -2.74. The summed E-state index contributed by atoms with van der Waals surface area (Å²) in [5.74, 6) is -0.818. The van der Waals surface area contributed by atoms with Crippen LogP contribution in [-0.2, 0) is 11.0 Å². The number of rotatable bonds is 4. The highest BCUT2D eigenvalue weighted by molar-refractivity contribution is 7.81. The highest BCUT2D eigenvalue weighted by Crippen LogP contribution is 2.32. The summed E-state index contributed by atoms with van der Waals surface area (Å²) in [5.41, 5.74) is 1.33. The van der Waals surface area contributed by atoms with Gasteiger partial charge in [-0.15, -0.1) is 0 Å². The smallest absolute Gasteiger partial charge is 0.416 e. The fourth-order valence-electron chi connectivity index (χ4n) is 2.33. The van der Waals surface area contributed by atoms with Crippen LogP contribution in [0.25, 0.3) is 22.5 Å². The second-order valence-electron chi connectivity index (χ2n) is 5.46. The molecule has 0 amide bonds. The number of carboxylic acid groups (broad SMARTS) is 1. The largest absolute Gasteiger partial charge is 0.480 e. The number of aromatic nitrogens is 1. The van der Waals surface area contributed by atoms with Crippen LogP contribution in [0.3, 0.4) is 0 Å². The first-order valence-corrected chi connectivity index (χ1v) is 7.92. The van der Waals surface area contributed by atoms with Crippen LogP contribution in [0.15, 0.2) is 59.1 Å². The molecule has 3 aromatic rings. The summed E-state index contributed by atoms with van der Waals surface area (Å²) in [4.78, 5) is 14.8. The van der Waals surface area contributed by atoms with E-state index in [1.165, 1.54) is 18.3 Å². The predicted molar refractivity (Wildman–Crippen MR) is 91.7 cm³/mol. The Morgan fingerprint density at radius 1 is 1.00 bits per heavy atom. The zero-order valence-corrected chi connectivity index (χ0v) is 14.0. The topological polar surface area (TPSA) is 63.3 Å². The molecule has 134 valence electrons. The number of benzene rings is 2. The van der Waals surface area contributed by atoms with E-state index in [-0.39, 0.29) is 5.89 Å². The third kappa shape index (κ3) is 3.75. The number of alkyl halides is 3. The molecule has 3 rings (SSSR count). The van der Waals surface area contributed by atoms with E-state index >= 15 is 0 Å². The number of carboxylic acids is 1. The average Bonchev–Trinajstić information content (AvgIpc) is 3.10. The molecule has 0 radical (unpaired) electrons. The third-order valence-electron chi connectivity index (χ3n) is 3.71. The van der Waals surface area contributed by atoms with Gasteiger partial charge in [-0.3, -0.25) is 4.79 Å². The number of halogens is 3. The molecule has 8 heteroatoms. The van der Waals surface area contributed by atoms with E-state index in [0.717, 1.165) is 17.7 Å². The van der Waals surface area contributed by atoms with Crippen molar-refractivity contribution in [1.29, 1.82) is 0 Å². The lowest BCUT2D eigenvalue weighted by atomic mass is 10.0. The fraction of sp³-hybridized carbons (Fsp3) is 0.111. The van der Waals surface area contributed by atoms with Crippen molar-refractivity contribution in [3.8, 4) is 22.5 Å². The minimum Gasteiger partial charge on any atom is -0.480 e. The molecule has 2 aromatic carbocycles. The summed E-state index contributed by atoms with van der Waals surface area (Å²) >= 11 is 3.90. The molecule has 0 spiro atoms. The lowest BCUT2D eigenvalue weighted by molar-refractivity contribution is -0.138. The SMILES string of the molecule is O=C(O)C(S)c1ncc(-c2ccc(-c3ccc(C(F)(F)F)cc3)cc2)o1. The molecular weight excluding hydrogens is 367 g/mol. The van der Waals surface area contributed by atoms with Gasteiger partial charge in [-0.25, -0.2) is 4.98 Å². The molecule has 0 fully saturated rings. The van der Waals surface area contributed by atoms with Gasteiger partial charge in [0.1, 0.15) is 0 Å². The van der Waals surface area contributed by atoms with Gasteiger partial charge < -0.3 is 9.52 Å². The summed E-state index contributed by atoms with van der Waals surface area (Å²) < 4.78 is 43.2. The van der Waals surface area contributed by atoms with Gasteiger partial charge in [-0.1, -0.05) is 36.4 Å². The lowest BCUT2D eigenvalue weighted by Crippen LogP contribution is -2.04. The number of hydrogen-bond donors (Lipinski definition) is 2. The van der Waals surface area contributed by atoms with Gasteiger partial charge in [0.05, 0.1) is 11.8 Å². The number of thiol groups is 1. The Balaban J connectivity index is 1.82. The van der Waals surface area contributed by atoms with Gasteiger partial charge in [0.15, 0.2) is 11.0 Å². The van der Waals surface area contributed by atoms with Crippen molar-refractivity contribution in [3.63, 3.8) is 0 Å². The molecule has 0 aliphatic carbocycles. The van der Waals surface area contributed by atoms with Crippen molar-refractivity contribution in [1.82, 2.24) is 4.98 Å². The highest BCUT2D eigenvalue weighted by Gasteiger charge is 2.30. The van der Waals surface area contributed by atoms with Crippen molar-refractivity contribution in [2.24, 2.45) is 0 Å². The Labute approximate surface area is 151 Å². The van der Waals surface area contributed by atoms with Crippen LogP contribution in [0.2, 0.25) is 0 Å².